The molecule has 1 saturated carbocycles. The minimum Gasteiger partial charge on any atom is -0.279 e. The lowest BCUT2D eigenvalue weighted by Gasteiger charge is -2.24. The molecule has 118 valence electrons. The van der Waals surface area contributed by atoms with E-state index in [1.54, 1.807) is 4.68 Å². The summed E-state index contributed by atoms with van der Waals surface area (Å²) in [5.41, 5.74) is 0.806. The number of nitrogens with zero attached hydrogens (tertiary/aromatic N) is 6. The zero-order valence-electron chi connectivity index (χ0n) is 12.8. The fourth-order valence-corrected chi connectivity index (χ4v) is 3.32. The molecule has 0 N–H and O–H groups in total. The molecule has 2 aromatic rings. The lowest BCUT2D eigenvalue weighted by atomic mass is 9.85. The van der Waals surface area contributed by atoms with Crippen molar-refractivity contribution in [2.75, 3.05) is 0 Å². The van der Waals surface area contributed by atoms with Gasteiger partial charge in [-0.2, -0.15) is 5.10 Å². The van der Waals surface area contributed by atoms with E-state index in [9.17, 15) is 4.79 Å². The molecule has 2 aliphatic rings. The molecule has 0 aromatic carbocycles. The molecule has 1 aliphatic carbocycles. The maximum Gasteiger partial charge on any atom is 0.346 e. The summed E-state index contributed by atoms with van der Waals surface area (Å²) in [5.74, 6) is 1.67. The van der Waals surface area contributed by atoms with Gasteiger partial charge in [0.25, 0.3) is 0 Å². The summed E-state index contributed by atoms with van der Waals surface area (Å²) in [6.07, 6.45) is 10.1. The van der Waals surface area contributed by atoms with Gasteiger partial charge in [0.2, 0.25) is 0 Å². The van der Waals surface area contributed by atoms with E-state index >= 15 is 0 Å². The van der Waals surface area contributed by atoms with E-state index in [4.69, 9.17) is 0 Å². The molecule has 0 spiro atoms. The Morgan fingerprint density at radius 3 is 2.91 bits per heavy atom. The van der Waals surface area contributed by atoms with Crippen molar-refractivity contribution in [2.24, 2.45) is 5.92 Å². The van der Waals surface area contributed by atoms with Crippen LogP contribution in [-0.2, 0) is 26.1 Å². The number of aromatic nitrogens is 6. The second-order valence-corrected chi connectivity index (χ2v) is 6.55. The molecular formula is C15H22N6O. The van der Waals surface area contributed by atoms with Gasteiger partial charge in [-0.15, -0.1) is 5.10 Å². The van der Waals surface area contributed by atoms with Crippen LogP contribution in [0.2, 0.25) is 0 Å². The maximum absolute atomic E-state index is 12.4. The van der Waals surface area contributed by atoms with Crippen molar-refractivity contribution in [3.8, 4) is 0 Å². The van der Waals surface area contributed by atoms with Gasteiger partial charge in [-0.3, -0.25) is 9.25 Å². The van der Waals surface area contributed by atoms with Crippen molar-refractivity contribution >= 4 is 0 Å². The largest absolute Gasteiger partial charge is 0.346 e. The van der Waals surface area contributed by atoms with Gasteiger partial charge in [0, 0.05) is 19.5 Å². The molecular weight excluding hydrogens is 280 g/mol. The Labute approximate surface area is 128 Å². The van der Waals surface area contributed by atoms with Crippen LogP contribution in [0.5, 0.6) is 0 Å². The van der Waals surface area contributed by atoms with Gasteiger partial charge in [-0.1, -0.05) is 18.1 Å². The van der Waals surface area contributed by atoms with Gasteiger partial charge in [-0.25, -0.2) is 9.48 Å². The van der Waals surface area contributed by atoms with Crippen LogP contribution in [0.4, 0.5) is 0 Å². The Kier molecular flexibility index (Phi) is 3.56. The highest BCUT2D eigenvalue weighted by Crippen LogP contribution is 2.27. The van der Waals surface area contributed by atoms with E-state index < -0.39 is 0 Å². The summed E-state index contributed by atoms with van der Waals surface area (Å²) in [5, 5.41) is 12.9. The molecule has 0 atom stereocenters. The number of rotatable bonds is 4. The summed E-state index contributed by atoms with van der Waals surface area (Å²) in [6.45, 7) is 2.16. The fraction of sp³-hybridized carbons (Fsp3) is 0.733. The third kappa shape index (κ3) is 2.60. The first-order valence-electron chi connectivity index (χ1n) is 8.35. The monoisotopic (exact) mass is 302 g/mol. The Bertz CT molecular complexity index is 708. The van der Waals surface area contributed by atoms with E-state index in [1.807, 2.05) is 15.4 Å². The Morgan fingerprint density at radius 1 is 1.18 bits per heavy atom. The Balaban J connectivity index is 1.50. The van der Waals surface area contributed by atoms with Gasteiger partial charge in [0.1, 0.15) is 11.5 Å². The lowest BCUT2D eigenvalue weighted by Crippen LogP contribution is -2.25. The molecule has 1 aliphatic heterocycles. The van der Waals surface area contributed by atoms with Crippen molar-refractivity contribution < 1.29 is 0 Å². The summed E-state index contributed by atoms with van der Waals surface area (Å²) >= 11 is 0. The van der Waals surface area contributed by atoms with Crippen LogP contribution in [0.3, 0.4) is 0 Å². The summed E-state index contributed by atoms with van der Waals surface area (Å²) in [4.78, 5) is 12.4. The van der Waals surface area contributed by atoms with Crippen LogP contribution in [-0.4, -0.2) is 29.3 Å². The second kappa shape index (κ2) is 5.70. The van der Waals surface area contributed by atoms with Crippen LogP contribution >= 0.6 is 0 Å². The molecule has 3 heterocycles. The van der Waals surface area contributed by atoms with Crippen LogP contribution in [0.25, 0.3) is 0 Å². The first-order valence-corrected chi connectivity index (χ1v) is 8.35. The molecule has 1 fully saturated rings. The summed E-state index contributed by atoms with van der Waals surface area (Å²) in [7, 11) is 0. The smallest absolute Gasteiger partial charge is 0.279 e. The quantitative estimate of drug-likeness (QED) is 0.851. The van der Waals surface area contributed by atoms with Gasteiger partial charge in [0.15, 0.2) is 0 Å². The molecule has 0 saturated heterocycles. The van der Waals surface area contributed by atoms with Gasteiger partial charge in [0.05, 0.1) is 12.7 Å². The highest BCUT2D eigenvalue weighted by Gasteiger charge is 2.19. The van der Waals surface area contributed by atoms with Gasteiger partial charge in [-0.05, 0) is 31.6 Å². The number of hydrogen-bond donors (Lipinski definition) is 0. The molecule has 0 amide bonds. The summed E-state index contributed by atoms with van der Waals surface area (Å²) < 4.78 is 5.27. The van der Waals surface area contributed by atoms with E-state index in [-0.39, 0.29) is 5.69 Å². The molecule has 7 heteroatoms. The topological polar surface area (TPSA) is 70.5 Å². The predicted octanol–water partition coefficient (Wildman–Crippen LogP) is 1.21. The predicted molar refractivity (Wildman–Crippen MR) is 80.5 cm³/mol. The first kappa shape index (κ1) is 13.7. The number of aryl methyl sites for hydroxylation is 1. The van der Waals surface area contributed by atoms with Crippen LogP contribution in [0.1, 0.15) is 50.0 Å². The van der Waals surface area contributed by atoms with E-state index in [2.05, 4.69) is 15.4 Å². The molecule has 0 bridgehead atoms. The molecule has 0 unspecified atom stereocenters. The number of fused-ring (bicyclic) bond motifs is 1. The third-order valence-electron chi connectivity index (χ3n) is 4.85. The molecule has 0 radical (unpaired) electrons. The Hall–Kier alpha value is -1.92. The standard InChI is InChI=1S/C15H22N6O/c22-15-20-8-3-1-2-7-14(20)17-21(15)11-13-10-19(18-16-13)9-12-5-4-6-12/h10,12H,1-9,11H2. The Morgan fingerprint density at radius 2 is 2.09 bits per heavy atom. The van der Waals surface area contributed by atoms with Crippen molar-refractivity contribution in [1.82, 2.24) is 29.3 Å². The van der Waals surface area contributed by atoms with Gasteiger partial charge >= 0.3 is 5.69 Å². The SMILES string of the molecule is O=c1n(Cc2cn(CC3CCC3)nn2)nc2n1CCCCC2. The fourth-order valence-electron chi connectivity index (χ4n) is 3.32. The van der Waals surface area contributed by atoms with Crippen molar-refractivity contribution in [2.45, 2.75) is 64.6 Å². The molecule has 22 heavy (non-hydrogen) atoms. The average molecular weight is 302 g/mol. The first-order chi connectivity index (χ1) is 10.8. The zero-order valence-corrected chi connectivity index (χ0v) is 12.8. The minimum atomic E-state index is -0.00885. The van der Waals surface area contributed by atoms with E-state index in [0.717, 1.165) is 49.8 Å². The van der Waals surface area contributed by atoms with E-state index in [1.165, 1.54) is 25.7 Å². The highest BCUT2D eigenvalue weighted by atomic mass is 16.2. The van der Waals surface area contributed by atoms with Crippen LogP contribution < -0.4 is 5.69 Å². The molecule has 7 nitrogen and oxygen atoms in total. The van der Waals surface area contributed by atoms with Crippen LogP contribution in [0.15, 0.2) is 11.0 Å². The zero-order chi connectivity index (χ0) is 14.9. The van der Waals surface area contributed by atoms with Crippen molar-refractivity contribution in [3.63, 3.8) is 0 Å². The summed E-state index contributed by atoms with van der Waals surface area (Å²) in [6, 6.07) is 0. The van der Waals surface area contributed by atoms with E-state index in [0.29, 0.717) is 6.54 Å². The van der Waals surface area contributed by atoms with Crippen molar-refractivity contribution in [1.29, 1.82) is 0 Å². The minimum absolute atomic E-state index is 0.00885. The van der Waals surface area contributed by atoms with Crippen LogP contribution in [0, 0.1) is 5.92 Å². The normalized spacial score (nSPS) is 18.7. The second-order valence-electron chi connectivity index (χ2n) is 6.55. The molecule has 2 aromatic heterocycles. The lowest BCUT2D eigenvalue weighted by molar-refractivity contribution is 0.264. The maximum atomic E-state index is 12.4. The average Bonchev–Trinajstić information content (AvgIpc) is 2.93. The highest BCUT2D eigenvalue weighted by molar-refractivity contribution is 4.96. The van der Waals surface area contributed by atoms with Gasteiger partial charge < -0.3 is 0 Å². The number of hydrogen-bond acceptors (Lipinski definition) is 4. The van der Waals surface area contributed by atoms with Crippen molar-refractivity contribution in [3.05, 3.63) is 28.2 Å². The molecule has 4 rings (SSSR count). The third-order valence-corrected chi connectivity index (χ3v) is 4.85.